The molecule has 2 heterocycles. The van der Waals surface area contributed by atoms with Gasteiger partial charge in [0.2, 0.25) is 0 Å². The maximum Gasteiger partial charge on any atom is 0.416 e. The van der Waals surface area contributed by atoms with Crippen molar-refractivity contribution in [3.8, 4) is 11.5 Å². The minimum atomic E-state index is -0.957. The number of amides is 1. The summed E-state index contributed by atoms with van der Waals surface area (Å²) in [6, 6.07) is 19.2. The van der Waals surface area contributed by atoms with Crippen LogP contribution in [0.4, 0.5) is 4.79 Å². The second-order valence-corrected chi connectivity index (χ2v) is 9.46. The third kappa shape index (κ3) is 5.01. The number of nitrogens with one attached hydrogen (secondary N) is 1. The van der Waals surface area contributed by atoms with Gasteiger partial charge in [0, 0.05) is 33.2 Å². The standard InChI is InChI=1S/C27H24Cl2N2O5/c28-17-3-8-21(9-4-17)36-27(34)31-12-11-22-23-13-18(29)5-10-24(23)30-25(22)26(31)16-1-6-20(7-2-16)35-15-19(33)14-32/h1-10,13,19,26,30,32-33H,11-12,14-15H2. The van der Waals surface area contributed by atoms with Crippen LogP contribution in [0.3, 0.4) is 0 Å². The van der Waals surface area contributed by atoms with Crippen molar-refractivity contribution >= 4 is 40.2 Å². The van der Waals surface area contributed by atoms with E-state index in [0.717, 1.165) is 27.7 Å². The third-order valence-corrected chi connectivity index (χ3v) is 6.68. The molecule has 1 aliphatic rings. The number of benzene rings is 3. The maximum absolute atomic E-state index is 13.4. The molecule has 2 unspecified atom stereocenters. The van der Waals surface area contributed by atoms with E-state index in [4.69, 9.17) is 37.8 Å². The molecule has 1 amide bonds. The Morgan fingerprint density at radius 1 is 1.03 bits per heavy atom. The quantitative estimate of drug-likeness (QED) is 0.314. The molecule has 7 nitrogen and oxygen atoms in total. The van der Waals surface area contributed by atoms with E-state index in [1.165, 1.54) is 0 Å². The Balaban J connectivity index is 1.50. The Morgan fingerprint density at radius 2 is 1.72 bits per heavy atom. The van der Waals surface area contributed by atoms with Crippen LogP contribution in [-0.2, 0) is 6.42 Å². The second kappa shape index (κ2) is 10.4. The predicted molar refractivity (Wildman–Crippen MR) is 138 cm³/mol. The molecule has 0 saturated heterocycles. The van der Waals surface area contributed by atoms with Crippen LogP contribution in [0.25, 0.3) is 10.9 Å². The van der Waals surface area contributed by atoms with E-state index in [1.807, 2.05) is 30.3 Å². The van der Waals surface area contributed by atoms with Gasteiger partial charge in [-0.05, 0) is 72.1 Å². The van der Waals surface area contributed by atoms with Crippen LogP contribution in [0.2, 0.25) is 10.0 Å². The summed E-state index contributed by atoms with van der Waals surface area (Å²) in [5, 5.41) is 20.8. The number of hydrogen-bond donors (Lipinski definition) is 3. The number of nitrogens with zero attached hydrogens (tertiary/aromatic N) is 1. The number of aromatic amines is 1. The Labute approximate surface area is 217 Å². The number of carbonyl (C=O) groups is 1. The first-order valence-electron chi connectivity index (χ1n) is 11.5. The highest BCUT2D eigenvalue weighted by molar-refractivity contribution is 6.31. The zero-order valence-corrected chi connectivity index (χ0v) is 20.7. The molecular formula is C27H24Cl2N2O5. The van der Waals surface area contributed by atoms with Crippen LogP contribution in [-0.4, -0.2) is 52.1 Å². The molecule has 0 radical (unpaired) electrons. The highest BCUT2D eigenvalue weighted by atomic mass is 35.5. The van der Waals surface area contributed by atoms with Crippen LogP contribution in [0.1, 0.15) is 22.9 Å². The number of fused-ring (bicyclic) bond motifs is 3. The number of ether oxygens (including phenoxy) is 2. The minimum absolute atomic E-state index is 0.0221. The van der Waals surface area contributed by atoms with Gasteiger partial charge in [0.05, 0.1) is 6.61 Å². The van der Waals surface area contributed by atoms with Crippen LogP contribution in [0.5, 0.6) is 11.5 Å². The molecule has 1 aliphatic heterocycles. The first-order valence-corrected chi connectivity index (χ1v) is 12.2. The fourth-order valence-corrected chi connectivity index (χ4v) is 4.76. The Morgan fingerprint density at radius 3 is 2.44 bits per heavy atom. The Hall–Kier alpha value is -3.23. The summed E-state index contributed by atoms with van der Waals surface area (Å²) in [7, 11) is 0. The van der Waals surface area contributed by atoms with E-state index in [1.54, 1.807) is 41.3 Å². The lowest BCUT2D eigenvalue weighted by molar-refractivity contribution is 0.0536. The average Bonchev–Trinajstić information content (AvgIpc) is 3.26. The smallest absolute Gasteiger partial charge is 0.416 e. The van der Waals surface area contributed by atoms with E-state index in [0.29, 0.717) is 34.5 Å². The average molecular weight is 527 g/mol. The van der Waals surface area contributed by atoms with Gasteiger partial charge in [-0.2, -0.15) is 0 Å². The summed E-state index contributed by atoms with van der Waals surface area (Å²) in [5.41, 5.74) is 3.81. The van der Waals surface area contributed by atoms with E-state index >= 15 is 0 Å². The van der Waals surface area contributed by atoms with Crippen LogP contribution in [0.15, 0.2) is 66.7 Å². The van der Waals surface area contributed by atoms with Gasteiger partial charge in [-0.3, -0.25) is 4.90 Å². The molecule has 36 heavy (non-hydrogen) atoms. The zero-order valence-electron chi connectivity index (χ0n) is 19.2. The predicted octanol–water partition coefficient (Wildman–Crippen LogP) is 5.35. The van der Waals surface area contributed by atoms with Gasteiger partial charge in [-0.25, -0.2) is 4.79 Å². The highest BCUT2D eigenvalue weighted by Gasteiger charge is 2.35. The number of halogens is 2. The maximum atomic E-state index is 13.4. The van der Waals surface area contributed by atoms with Crippen molar-refractivity contribution in [2.75, 3.05) is 19.8 Å². The molecule has 9 heteroatoms. The molecule has 2 atom stereocenters. The number of carbonyl (C=O) groups excluding carboxylic acids is 1. The third-order valence-electron chi connectivity index (χ3n) is 6.19. The molecule has 0 bridgehead atoms. The fraction of sp³-hybridized carbons (Fsp3) is 0.222. The Kier molecular flexibility index (Phi) is 7.07. The van der Waals surface area contributed by atoms with Crippen LogP contribution >= 0.6 is 23.2 Å². The first-order chi connectivity index (χ1) is 17.4. The summed E-state index contributed by atoms with van der Waals surface area (Å²) < 4.78 is 11.2. The van der Waals surface area contributed by atoms with Crippen molar-refractivity contribution in [2.24, 2.45) is 0 Å². The molecule has 0 aliphatic carbocycles. The minimum Gasteiger partial charge on any atom is -0.491 e. The van der Waals surface area contributed by atoms with Gasteiger partial charge in [-0.15, -0.1) is 0 Å². The number of rotatable bonds is 6. The number of aromatic nitrogens is 1. The normalized spacial score (nSPS) is 16.0. The van der Waals surface area contributed by atoms with Crippen molar-refractivity contribution in [1.29, 1.82) is 0 Å². The molecule has 0 fully saturated rings. The SMILES string of the molecule is O=C(Oc1ccc(Cl)cc1)N1CCc2c([nH]c3ccc(Cl)cc23)C1c1ccc(OCC(O)CO)cc1. The molecule has 1 aromatic heterocycles. The molecule has 4 aromatic rings. The summed E-state index contributed by atoms with van der Waals surface area (Å²) in [5.74, 6) is 0.949. The molecule has 0 saturated carbocycles. The van der Waals surface area contributed by atoms with Crippen molar-refractivity contribution in [3.63, 3.8) is 0 Å². The van der Waals surface area contributed by atoms with Gasteiger partial charge in [-0.1, -0.05) is 35.3 Å². The molecule has 3 N–H and O–H groups in total. The number of aliphatic hydroxyl groups excluding tert-OH is 2. The molecular weight excluding hydrogens is 503 g/mol. The topological polar surface area (TPSA) is 95.0 Å². The zero-order chi connectivity index (χ0) is 25.2. The number of hydrogen-bond acceptors (Lipinski definition) is 5. The van der Waals surface area contributed by atoms with Crippen LogP contribution in [0, 0.1) is 0 Å². The summed E-state index contributed by atoms with van der Waals surface area (Å²) in [6.07, 6.45) is -0.791. The van der Waals surface area contributed by atoms with Crippen molar-refractivity contribution < 1.29 is 24.5 Å². The lowest BCUT2D eigenvalue weighted by Crippen LogP contribution is -2.42. The molecule has 186 valence electrons. The Bertz CT molecular complexity index is 1370. The van der Waals surface area contributed by atoms with Crippen molar-refractivity contribution in [1.82, 2.24) is 9.88 Å². The lowest BCUT2D eigenvalue weighted by atomic mass is 9.92. The van der Waals surface area contributed by atoms with E-state index in [-0.39, 0.29) is 13.2 Å². The van der Waals surface area contributed by atoms with Crippen LogP contribution < -0.4 is 9.47 Å². The largest absolute Gasteiger partial charge is 0.491 e. The van der Waals surface area contributed by atoms with E-state index < -0.39 is 18.2 Å². The van der Waals surface area contributed by atoms with E-state index in [2.05, 4.69) is 4.98 Å². The molecule has 5 rings (SSSR count). The van der Waals surface area contributed by atoms with Gasteiger partial charge in [0.15, 0.2) is 0 Å². The van der Waals surface area contributed by atoms with Gasteiger partial charge in [0.25, 0.3) is 0 Å². The monoisotopic (exact) mass is 526 g/mol. The summed E-state index contributed by atoms with van der Waals surface area (Å²) in [6.45, 7) is 0.0499. The van der Waals surface area contributed by atoms with Gasteiger partial charge >= 0.3 is 6.09 Å². The lowest BCUT2D eigenvalue weighted by Gasteiger charge is -2.35. The summed E-state index contributed by atoms with van der Waals surface area (Å²) in [4.78, 5) is 18.5. The van der Waals surface area contributed by atoms with Crippen molar-refractivity contribution in [2.45, 2.75) is 18.6 Å². The fourth-order valence-electron chi connectivity index (χ4n) is 4.46. The highest BCUT2D eigenvalue weighted by Crippen LogP contribution is 2.40. The molecule has 0 spiro atoms. The van der Waals surface area contributed by atoms with Gasteiger partial charge < -0.3 is 24.7 Å². The number of aliphatic hydroxyl groups is 2. The van der Waals surface area contributed by atoms with Gasteiger partial charge in [0.1, 0.15) is 30.3 Å². The second-order valence-electron chi connectivity index (χ2n) is 8.59. The van der Waals surface area contributed by atoms with E-state index in [9.17, 15) is 9.90 Å². The molecule has 3 aromatic carbocycles. The number of H-pyrrole nitrogens is 1. The first kappa shape index (κ1) is 24.5. The van der Waals surface area contributed by atoms with Crippen molar-refractivity contribution in [3.05, 3.63) is 93.6 Å². The summed E-state index contributed by atoms with van der Waals surface area (Å²) >= 11 is 12.2.